The number of amides is 1. The van der Waals surface area contributed by atoms with Crippen LogP contribution in [0.4, 0.5) is 11.4 Å². The maximum atomic E-state index is 14.0. The summed E-state index contributed by atoms with van der Waals surface area (Å²) >= 11 is 7.07. The first-order valence-electron chi connectivity index (χ1n) is 11.0. The quantitative estimate of drug-likeness (QED) is 0.475. The van der Waals surface area contributed by atoms with Crippen LogP contribution >= 0.6 is 31.9 Å². The van der Waals surface area contributed by atoms with E-state index in [1.807, 2.05) is 38.1 Å². The zero-order chi connectivity index (χ0) is 25.3. The normalized spacial score (nSPS) is 22.8. The lowest BCUT2D eigenvalue weighted by Crippen LogP contribution is -2.54. The number of fused-ring (bicyclic) bond motifs is 3. The smallest absolute Gasteiger partial charge is 0.339 e. The molecule has 0 aromatic heterocycles. The molecule has 2 aromatic rings. The molecule has 3 N–H and O–H groups in total. The fourth-order valence-corrected chi connectivity index (χ4v) is 6.34. The number of anilines is 2. The van der Waals surface area contributed by atoms with Gasteiger partial charge in [0.2, 0.25) is 5.91 Å². The molecule has 180 valence electrons. The summed E-state index contributed by atoms with van der Waals surface area (Å²) in [5.41, 5.74) is 7.16. The van der Waals surface area contributed by atoms with Crippen molar-refractivity contribution in [1.29, 1.82) is 0 Å². The molecule has 1 spiro atoms. The van der Waals surface area contributed by atoms with Gasteiger partial charge in [0.1, 0.15) is 16.8 Å². The molecule has 0 saturated heterocycles. The average Bonchev–Trinajstić information content (AvgIpc) is 3.05. The molecule has 0 fully saturated rings. The molecule has 1 unspecified atom stereocenters. The lowest BCUT2D eigenvalue weighted by atomic mass is 9.60. The Kier molecular flexibility index (Phi) is 5.49. The van der Waals surface area contributed by atoms with Gasteiger partial charge >= 0.3 is 5.97 Å². The van der Waals surface area contributed by atoms with Crippen LogP contribution in [0.25, 0.3) is 0 Å². The molecule has 0 bridgehead atoms. The van der Waals surface area contributed by atoms with Crippen LogP contribution in [0.1, 0.15) is 32.3 Å². The number of methoxy groups -OCH3 is 1. The maximum absolute atomic E-state index is 14.0. The zero-order valence-electron chi connectivity index (χ0n) is 19.4. The van der Waals surface area contributed by atoms with Gasteiger partial charge in [0.25, 0.3) is 0 Å². The van der Waals surface area contributed by atoms with Gasteiger partial charge in [-0.2, -0.15) is 0 Å². The highest BCUT2D eigenvalue weighted by Gasteiger charge is 2.63. The van der Waals surface area contributed by atoms with Crippen LogP contribution in [0.15, 0.2) is 74.1 Å². The molecule has 7 nitrogen and oxygen atoms in total. The molecular formula is C26H23Br2N3O4. The number of para-hydroxylation sites is 1. The Morgan fingerprint density at radius 3 is 2.51 bits per heavy atom. The van der Waals surface area contributed by atoms with E-state index in [1.54, 1.807) is 23.1 Å². The van der Waals surface area contributed by atoms with E-state index in [1.165, 1.54) is 7.11 Å². The highest BCUT2D eigenvalue weighted by atomic mass is 79.9. The van der Waals surface area contributed by atoms with Gasteiger partial charge in [-0.05, 0) is 58.1 Å². The van der Waals surface area contributed by atoms with Crippen molar-refractivity contribution in [3.05, 3.63) is 79.6 Å². The van der Waals surface area contributed by atoms with Gasteiger partial charge in [0, 0.05) is 37.9 Å². The Morgan fingerprint density at radius 2 is 1.83 bits per heavy atom. The third-order valence-electron chi connectivity index (χ3n) is 6.83. The number of nitrogens with one attached hydrogen (secondary N) is 1. The lowest BCUT2D eigenvalue weighted by molar-refractivity contribution is -0.138. The predicted octanol–water partition coefficient (Wildman–Crippen LogP) is 4.91. The molecule has 0 saturated carbocycles. The van der Waals surface area contributed by atoms with Gasteiger partial charge < -0.3 is 15.8 Å². The summed E-state index contributed by atoms with van der Waals surface area (Å²) in [5, 5.41) is 2.88. The number of nitrogens with two attached hydrogens (primary N) is 1. The van der Waals surface area contributed by atoms with E-state index in [4.69, 9.17) is 10.5 Å². The van der Waals surface area contributed by atoms with E-state index in [2.05, 4.69) is 37.2 Å². The van der Waals surface area contributed by atoms with Crippen molar-refractivity contribution in [2.24, 2.45) is 11.1 Å². The lowest BCUT2D eigenvalue weighted by Gasteiger charge is -2.47. The van der Waals surface area contributed by atoms with E-state index in [9.17, 15) is 14.4 Å². The van der Waals surface area contributed by atoms with Crippen molar-refractivity contribution in [2.75, 3.05) is 17.3 Å². The zero-order valence-corrected chi connectivity index (χ0v) is 22.5. The summed E-state index contributed by atoms with van der Waals surface area (Å²) in [7, 11) is 1.24. The highest BCUT2D eigenvalue weighted by Crippen LogP contribution is 2.58. The third-order valence-corrected chi connectivity index (χ3v) is 7.99. The molecule has 9 heteroatoms. The number of carbonyl (C=O) groups is 3. The summed E-state index contributed by atoms with van der Waals surface area (Å²) in [6, 6.07) is 12.7. The standard InChI is InChI=1S/C26H23Br2N3O4/c1-25(2)11-18-20(19(32)12-25)26(14-10-13(27)8-9-16(14)30-24(26)34)21(23(33)35-3)22(29)31(18)17-7-5-4-6-15(17)28/h4-10H,11-12,29H2,1-3H3,(H,30,34). The van der Waals surface area contributed by atoms with Gasteiger partial charge in [-0.1, -0.05) is 41.9 Å². The molecule has 1 aliphatic carbocycles. The monoisotopic (exact) mass is 599 g/mol. The maximum Gasteiger partial charge on any atom is 0.339 e. The van der Waals surface area contributed by atoms with Crippen LogP contribution in [0.5, 0.6) is 0 Å². The Morgan fingerprint density at radius 1 is 1.11 bits per heavy atom. The Balaban J connectivity index is 1.96. The van der Waals surface area contributed by atoms with E-state index >= 15 is 0 Å². The van der Waals surface area contributed by atoms with Crippen molar-refractivity contribution in [2.45, 2.75) is 32.1 Å². The van der Waals surface area contributed by atoms with Crippen molar-refractivity contribution in [3.63, 3.8) is 0 Å². The van der Waals surface area contributed by atoms with E-state index in [0.29, 0.717) is 33.5 Å². The summed E-state index contributed by atoms with van der Waals surface area (Å²) in [5.74, 6) is -1.42. The van der Waals surface area contributed by atoms with Crippen molar-refractivity contribution < 1.29 is 19.1 Å². The second-order valence-electron chi connectivity index (χ2n) is 9.70. The van der Waals surface area contributed by atoms with E-state index in [-0.39, 0.29) is 34.6 Å². The molecule has 2 aliphatic heterocycles. The van der Waals surface area contributed by atoms with Crippen molar-refractivity contribution in [1.82, 2.24) is 0 Å². The van der Waals surface area contributed by atoms with E-state index in [0.717, 1.165) is 4.47 Å². The SMILES string of the molecule is COC(=O)C1=C(N)N(c2ccccc2Br)C2=C(C(=O)CC(C)(C)C2)C12C(=O)Nc1ccc(Br)cc12. The fraction of sp³-hybridized carbons (Fsp3) is 0.269. The first-order valence-corrected chi connectivity index (χ1v) is 12.6. The van der Waals surface area contributed by atoms with Gasteiger partial charge in [0.15, 0.2) is 5.78 Å². The van der Waals surface area contributed by atoms with Crippen LogP contribution in [-0.4, -0.2) is 24.8 Å². The summed E-state index contributed by atoms with van der Waals surface area (Å²) in [4.78, 5) is 43.0. The number of hydrogen-bond acceptors (Lipinski definition) is 6. The van der Waals surface area contributed by atoms with Crippen LogP contribution in [0.2, 0.25) is 0 Å². The number of nitrogens with zero attached hydrogens (tertiary/aromatic N) is 1. The number of ether oxygens (including phenoxy) is 1. The Hall–Kier alpha value is -2.91. The number of rotatable bonds is 2. The summed E-state index contributed by atoms with van der Waals surface area (Å²) in [6.45, 7) is 4.02. The number of allylic oxidation sites excluding steroid dienone is 1. The summed E-state index contributed by atoms with van der Waals surface area (Å²) < 4.78 is 6.60. The average molecular weight is 601 g/mol. The second-order valence-corrected chi connectivity index (χ2v) is 11.5. The van der Waals surface area contributed by atoms with Crippen LogP contribution < -0.4 is 16.0 Å². The van der Waals surface area contributed by atoms with Crippen LogP contribution in [-0.2, 0) is 24.5 Å². The van der Waals surface area contributed by atoms with Gasteiger partial charge in [-0.15, -0.1) is 0 Å². The molecule has 2 heterocycles. The number of benzene rings is 2. The fourth-order valence-electron chi connectivity index (χ4n) is 5.52. The minimum absolute atomic E-state index is 0.0518. The number of carbonyl (C=O) groups excluding carboxylic acids is 3. The molecule has 35 heavy (non-hydrogen) atoms. The minimum Gasteiger partial charge on any atom is -0.466 e. The van der Waals surface area contributed by atoms with Crippen molar-refractivity contribution >= 4 is 60.9 Å². The molecule has 1 amide bonds. The molecule has 0 radical (unpaired) electrons. The van der Waals surface area contributed by atoms with Gasteiger partial charge in [-0.3, -0.25) is 14.5 Å². The molecule has 1 atom stereocenters. The largest absolute Gasteiger partial charge is 0.466 e. The summed E-state index contributed by atoms with van der Waals surface area (Å²) in [6.07, 6.45) is 0.700. The topological polar surface area (TPSA) is 102 Å². The molecule has 3 aliphatic rings. The number of ketones is 1. The van der Waals surface area contributed by atoms with Gasteiger partial charge in [-0.25, -0.2) is 4.79 Å². The van der Waals surface area contributed by atoms with Crippen LogP contribution in [0.3, 0.4) is 0 Å². The number of Topliss-reactive ketones (excluding diaryl/α,β-unsaturated/α-hetero) is 1. The first-order chi connectivity index (χ1) is 16.5. The molecule has 2 aromatic carbocycles. The van der Waals surface area contributed by atoms with Crippen molar-refractivity contribution in [3.8, 4) is 0 Å². The predicted molar refractivity (Wildman–Crippen MR) is 139 cm³/mol. The van der Waals surface area contributed by atoms with Crippen LogP contribution in [0, 0.1) is 5.41 Å². The minimum atomic E-state index is -1.73. The first kappa shape index (κ1) is 23.8. The number of esters is 1. The molecule has 5 rings (SSSR count). The molecular weight excluding hydrogens is 578 g/mol. The van der Waals surface area contributed by atoms with Gasteiger partial charge in [0.05, 0.1) is 12.8 Å². The van der Waals surface area contributed by atoms with E-state index < -0.39 is 17.3 Å². The highest BCUT2D eigenvalue weighted by molar-refractivity contribution is 9.10. The number of hydrogen-bond donors (Lipinski definition) is 2. The number of halogens is 2. The Labute approximate surface area is 219 Å². The Bertz CT molecular complexity index is 1390. The third kappa shape index (κ3) is 3.31. The second kappa shape index (κ2) is 8.06.